The van der Waals surface area contributed by atoms with Crippen molar-refractivity contribution < 1.29 is 4.79 Å². The fraction of sp³-hybridized carbons (Fsp3) is 0.929. The highest BCUT2D eigenvalue weighted by atomic mass is 16.1. The monoisotopic (exact) mass is 238 g/mol. The van der Waals surface area contributed by atoms with Crippen molar-refractivity contribution in [3.8, 4) is 0 Å². The first-order chi connectivity index (χ1) is 8.04. The van der Waals surface area contributed by atoms with Crippen molar-refractivity contribution in [3.63, 3.8) is 0 Å². The van der Waals surface area contributed by atoms with E-state index in [1.165, 1.54) is 32.2 Å². The van der Waals surface area contributed by atoms with Crippen LogP contribution in [-0.4, -0.2) is 37.0 Å². The van der Waals surface area contributed by atoms with Gasteiger partial charge in [0.05, 0.1) is 0 Å². The molecule has 0 aromatic carbocycles. The molecule has 0 bridgehead atoms. The molecule has 0 radical (unpaired) electrons. The summed E-state index contributed by atoms with van der Waals surface area (Å²) in [5, 5.41) is 3.19. The zero-order valence-corrected chi connectivity index (χ0v) is 11.4. The second-order valence-corrected chi connectivity index (χ2v) is 6.36. The molecular weight excluding hydrogens is 212 g/mol. The average Bonchev–Trinajstić information content (AvgIpc) is 3.00. The molecule has 2 atom stereocenters. The van der Waals surface area contributed by atoms with Crippen LogP contribution < -0.4 is 5.32 Å². The quantitative estimate of drug-likeness (QED) is 0.811. The summed E-state index contributed by atoms with van der Waals surface area (Å²) in [5.74, 6) is 2.09. The number of rotatable bonds is 4. The normalized spacial score (nSPS) is 30.6. The summed E-state index contributed by atoms with van der Waals surface area (Å²) in [4.78, 5) is 14.1. The van der Waals surface area contributed by atoms with Gasteiger partial charge in [0.1, 0.15) is 0 Å². The summed E-state index contributed by atoms with van der Waals surface area (Å²) in [6, 6.07) is 0.368. The molecule has 2 aliphatic rings. The molecule has 0 spiro atoms. The van der Waals surface area contributed by atoms with Crippen LogP contribution in [0, 0.1) is 17.8 Å². The molecule has 1 amide bonds. The fourth-order valence-corrected chi connectivity index (χ4v) is 2.91. The standard InChI is InChI=1S/C14H26N2O/c1-10(2)14(17)15-13-7-12(6-11-4-5-11)8-16(3)9-13/h10-13H,4-9H2,1-3H3,(H,15,17). The van der Waals surface area contributed by atoms with Crippen LogP contribution in [0.4, 0.5) is 0 Å². The van der Waals surface area contributed by atoms with Gasteiger partial charge in [-0.25, -0.2) is 0 Å². The molecule has 0 aromatic heterocycles. The third kappa shape index (κ3) is 3.98. The Morgan fingerprint density at radius 2 is 2.00 bits per heavy atom. The molecule has 3 nitrogen and oxygen atoms in total. The first kappa shape index (κ1) is 12.9. The van der Waals surface area contributed by atoms with E-state index >= 15 is 0 Å². The molecule has 3 heteroatoms. The van der Waals surface area contributed by atoms with E-state index in [9.17, 15) is 4.79 Å². The number of likely N-dealkylation sites (N-methyl/N-ethyl adjacent to an activating group) is 1. The van der Waals surface area contributed by atoms with E-state index in [2.05, 4.69) is 17.3 Å². The molecule has 17 heavy (non-hydrogen) atoms. The Balaban J connectivity index is 1.82. The molecule has 1 aliphatic carbocycles. The van der Waals surface area contributed by atoms with Crippen LogP contribution in [0.1, 0.15) is 39.5 Å². The Bertz CT molecular complexity index is 271. The molecule has 1 saturated heterocycles. The van der Waals surface area contributed by atoms with Gasteiger partial charge in [-0.2, -0.15) is 0 Å². The van der Waals surface area contributed by atoms with E-state index < -0.39 is 0 Å². The van der Waals surface area contributed by atoms with E-state index in [-0.39, 0.29) is 11.8 Å². The zero-order valence-electron chi connectivity index (χ0n) is 11.4. The second kappa shape index (κ2) is 5.38. The first-order valence-corrected chi connectivity index (χ1v) is 7.03. The molecular formula is C14H26N2O. The van der Waals surface area contributed by atoms with Gasteiger partial charge in [0.2, 0.25) is 5.91 Å². The Hall–Kier alpha value is -0.570. The number of amides is 1. The van der Waals surface area contributed by atoms with E-state index in [1.807, 2.05) is 13.8 Å². The molecule has 1 N–H and O–H groups in total. The highest BCUT2D eigenvalue weighted by Gasteiger charge is 2.31. The lowest BCUT2D eigenvalue weighted by Gasteiger charge is -2.36. The van der Waals surface area contributed by atoms with Gasteiger partial charge in [-0.15, -0.1) is 0 Å². The minimum atomic E-state index is 0.101. The van der Waals surface area contributed by atoms with Gasteiger partial charge < -0.3 is 10.2 Å². The molecule has 2 fully saturated rings. The van der Waals surface area contributed by atoms with E-state index in [0.717, 1.165) is 18.4 Å². The van der Waals surface area contributed by atoms with Crippen LogP contribution in [0.15, 0.2) is 0 Å². The number of nitrogens with zero attached hydrogens (tertiary/aromatic N) is 1. The molecule has 98 valence electrons. The van der Waals surface area contributed by atoms with Crippen molar-refractivity contribution in [2.75, 3.05) is 20.1 Å². The van der Waals surface area contributed by atoms with Gasteiger partial charge in [-0.05, 0) is 31.7 Å². The Kier molecular flexibility index (Phi) is 4.08. The largest absolute Gasteiger partial charge is 0.352 e. The summed E-state index contributed by atoms with van der Waals surface area (Å²) in [5.41, 5.74) is 0. The summed E-state index contributed by atoms with van der Waals surface area (Å²) in [6.45, 7) is 6.15. The maximum atomic E-state index is 11.7. The van der Waals surface area contributed by atoms with Gasteiger partial charge in [0, 0.05) is 25.0 Å². The third-order valence-corrected chi connectivity index (χ3v) is 3.95. The SMILES string of the molecule is CC(C)C(=O)NC1CC(CC2CC2)CN(C)C1. The van der Waals surface area contributed by atoms with Crippen molar-refractivity contribution in [2.45, 2.75) is 45.6 Å². The van der Waals surface area contributed by atoms with Crippen molar-refractivity contribution in [1.29, 1.82) is 0 Å². The topological polar surface area (TPSA) is 32.3 Å². The molecule has 2 unspecified atom stereocenters. The number of carbonyl (C=O) groups is 1. The third-order valence-electron chi connectivity index (χ3n) is 3.95. The lowest BCUT2D eigenvalue weighted by atomic mass is 9.90. The maximum Gasteiger partial charge on any atom is 0.222 e. The zero-order chi connectivity index (χ0) is 12.4. The van der Waals surface area contributed by atoms with Gasteiger partial charge in [-0.3, -0.25) is 4.79 Å². The summed E-state index contributed by atoms with van der Waals surface area (Å²) >= 11 is 0. The molecule has 2 rings (SSSR count). The van der Waals surface area contributed by atoms with Crippen molar-refractivity contribution in [3.05, 3.63) is 0 Å². The fourth-order valence-electron chi connectivity index (χ4n) is 2.91. The van der Waals surface area contributed by atoms with Gasteiger partial charge in [-0.1, -0.05) is 26.7 Å². The second-order valence-electron chi connectivity index (χ2n) is 6.36. The van der Waals surface area contributed by atoms with E-state index in [4.69, 9.17) is 0 Å². The lowest BCUT2D eigenvalue weighted by Crippen LogP contribution is -2.50. The van der Waals surface area contributed by atoms with Gasteiger partial charge >= 0.3 is 0 Å². The summed E-state index contributed by atoms with van der Waals surface area (Å²) in [6.07, 6.45) is 5.42. The Morgan fingerprint density at radius 3 is 2.59 bits per heavy atom. The smallest absolute Gasteiger partial charge is 0.222 e. The van der Waals surface area contributed by atoms with Gasteiger partial charge in [0.15, 0.2) is 0 Å². The van der Waals surface area contributed by atoms with Crippen LogP contribution in [0.25, 0.3) is 0 Å². The van der Waals surface area contributed by atoms with Crippen LogP contribution in [0.2, 0.25) is 0 Å². The maximum absolute atomic E-state index is 11.7. The molecule has 1 heterocycles. The minimum Gasteiger partial charge on any atom is -0.352 e. The van der Waals surface area contributed by atoms with Crippen LogP contribution in [-0.2, 0) is 4.79 Å². The van der Waals surface area contributed by atoms with Crippen molar-refractivity contribution in [2.24, 2.45) is 17.8 Å². The minimum absolute atomic E-state index is 0.101. The first-order valence-electron chi connectivity index (χ1n) is 7.03. The predicted molar refractivity (Wildman–Crippen MR) is 69.7 cm³/mol. The predicted octanol–water partition coefficient (Wildman–Crippen LogP) is 1.88. The number of piperidine rings is 1. The average molecular weight is 238 g/mol. The molecule has 1 saturated carbocycles. The number of carbonyl (C=O) groups excluding carboxylic acids is 1. The summed E-state index contributed by atoms with van der Waals surface area (Å²) < 4.78 is 0. The van der Waals surface area contributed by atoms with Crippen LogP contribution in [0.5, 0.6) is 0 Å². The van der Waals surface area contributed by atoms with Crippen molar-refractivity contribution in [1.82, 2.24) is 10.2 Å². The number of nitrogens with one attached hydrogen (secondary N) is 1. The van der Waals surface area contributed by atoms with Crippen LogP contribution >= 0.6 is 0 Å². The van der Waals surface area contributed by atoms with Crippen LogP contribution in [0.3, 0.4) is 0 Å². The molecule has 1 aliphatic heterocycles. The highest BCUT2D eigenvalue weighted by Crippen LogP contribution is 2.37. The highest BCUT2D eigenvalue weighted by molar-refractivity contribution is 5.78. The Labute approximate surface area is 105 Å². The number of hydrogen-bond donors (Lipinski definition) is 1. The van der Waals surface area contributed by atoms with E-state index in [1.54, 1.807) is 0 Å². The van der Waals surface area contributed by atoms with E-state index in [0.29, 0.717) is 6.04 Å². The lowest BCUT2D eigenvalue weighted by molar-refractivity contribution is -0.125. The van der Waals surface area contributed by atoms with Crippen molar-refractivity contribution >= 4 is 5.91 Å². The Morgan fingerprint density at radius 1 is 1.29 bits per heavy atom. The van der Waals surface area contributed by atoms with Gasteiger partial charge in [0.25, 0.3) is 0 Å². The summed E-state index contributed by atoms with van der Waals surface area (Å²) in [7, 11) is 2.17. The molecule has 0 aromatic rings. The number of likely N-dealkylation sites (tertiary alicyclic amines) is 1. The number of hydrogen-bond acceptors (Lipinski definition) is 2.